The molecule has 8 heteroatoms. The summed E-state index contributed by atoms with van der Waals surface area (Å²) < 4.78 is 0. The molecule has 0 aromatic heterocycles. The predicted molar refractivity (Wildman–Crippen MR) is 32.4 cm³/mol. The van der Waals surface area contributed by atoms with E-state index in [1.165, 1.54) is 0 Å². The minimum atomic E-state index is -1.08. The number of hydrogen-bond acceptors (Lipinski definition) is 2. The molecular weight excluding hydrogens is 152 g/mol. The van der Waals surface area contributed by atoms with Crippen molar-refractivity contribution in [1.82, 2.24) is 0 Å². The molecule has 0 aliphatic rings. The van der Waals surface area contributed by atoms with Crippen LogP contribution < -0.4 is 5.11 Å². The van der Waals surface area contributed by atoms with Crippen LogP contribution in [0, 0.1) is 0 Å². The lowest BCUT2D eigenvalue weighted by Gasteiger charge is -1.77. The lowest BCUT2D eigenvalue weighted by atomic mass is 10.9. The molecule has 0 bridgehead atoms. The minimum absolute atomic E-state index is 0. The topological polar surface area (TPSA) is 229 Å². The van der Waals surface area contributed by atoms with Gasteiger partial charge in [0, 0.05) is 5.97 Å². The van der Waals surface area contributed by atoms with Crippen LogP contribution in [0.2, 0.25) is 0 Å². The van der Waals surface area contributed by atoms with Gasteiger partial charge in [-0.05, 0) is 6.92 Å². The highest BCUT2D eigenvalue weighted by Gasteiger charge is 1.46. The first-order chi connectivity index (χ1) is 1.73. The average Bonchev–Trinajstić information content (AvgIpc) is 0.811. The molecule has 0 atom stereocenters. The van der Waals surface area contributed by atoms with E-state index >= 15 is 0 Å². The van der Waals surface area contributed by atoms with Gasteiger partial charge in [0.25, 0.3) is 0 Å². The number of rotatable bonds is 0. The van der Waals surface area contributed by atoms with Crippen molar-refractivity contribution in [2.75, 3.05) is 0 Å². The Bertz CT molecular complexity index is 30.2. The van der Waals surface area contributed by atoms with Crippen LogP contribution in [0.5, 0.6) is 0 Å². The maximum absolute atomic E-state index is 8.89. The Morgan fingerprint density at radius 1 is 0.900 bits per heavy atom. The zero-order valence-electron chi connectivity index (χ0n) is 5.32. The molecule has 0 unspecified atom stereocenters. The van der Waals surface area contributed by atoms with Crippen molar-refractivity contribution in [2.24, 2.45) is 0 Å². The van der Waals surface area contributed by atoms with Crippen molar-refractivity contribution in [3.8, 4) is 0 Å². The second-order valence-electron chi connectivity index (χ2n) is 0.492. The molecule has 0 radical (unpaired) electrons. The van der Waals surface area contributed by atoms with Crippen LogP contribution in [0.15, 0.2) is 0 Å². The van der Waals surface area contributed by atoms with Crippen molar-refractivity contribution in [1.29, 1.82) is 0 Å². The fourth-order valence-electron chi connectivity index (χ4n) is 0. The lowest BCUT2D eigenvalue weighted by Crippen LogP contribution is -2.16. The van der Waals surface area contributed by atoms with Crippen LogP contribution in [-0.4, -0.2) is 38.8 Å². The Morgan fingerprint density at radius 3 is 0.900 bits per heavy atom. The first kappa shape index (κ1) is 126. The third kappa shape index (κ3) is 473. The smallest absolute Gasteiger partial charge is 0.0383 e. The van der Waals surface area contributed by atoms with E-state index in [4.69, 9.17) is 9.90 Å². The van der Waals surface area contributed by atoms with Crippen molar-refractivity contribution >= 4 is 5.97 Å². The van der Waals surface area contributed by atoms with Crippen LogP contribution in [0.1, 0.15) is 6.92 Å². The predicted octanol–water partition coefficient (Wildman–Crippen LogP) is -6.19. The van der Waals surface area contributed by atoms with Gasteiger partial charge in [0.05, 0.1) is 0 Å². The average molecular weight is 167 g/mol. The number of carboxylic acid groups (broad SMARTS) is 1. The molecule has 72 valence electrons. The van der Waals surface area contributed by atoms with Crippen molar-refractivity contribution in [2.45, 2.75) is 6.92 Å². The molecule has 0 saturated heterocycles. The van der Waals surface area contributed by atoms with Gasteiger partial charge in [-0.25, -0.2) is 0 Å². The van der Waals surface area contributed by atoms with Gasteiger partial charge in [-0.15, -0.1) is 0 Å². The van der Waals surface area contributed by atoms with Crippen LogP contribution >= 0.6 is 0 Å². The molecule has 0 saturated carbocycles. The molecule has 0 spiro atoms. The van der Waals surface area contributed by atoms with Crippen molar-refractivity contribution < 1.29 is 42.8 Å². The second kappa shape index (κ2) is 86.5. The third-order valence-corrected chi connectivity index (χ3v) is 0. The zero-order valence-corrected chi connectivity index (χ0v) is 5.32. The summed E-state index contributed by atoms with van der Waals surface area (Å²) in [5.74, 6) is -1.08. The van der Waals surface area contributed by atoms with Gasteiger partial charge in [0.2, 0.25) is 0 Å². The van der Waals surface area contributed by atoms with Crippen LogP contribution in [0.3, 0.4) is 0 Å². The van der Waals surface area contributed by atoms with E-state index in [1.807, 2.05) is 0 Å². The molecule has 0 aliphatic carbocycles. The zero-order chi connectivity index (χ0) is 3.58. The van der Waals surface area contributed by atoms with Gasteiger partial charge in [0.15, 0.2) is 0 Å². The quantitative estimate of drug-likeness (QED) is 0.342. The molecule has 0 amide bonds. The summed E-state index contributed by atoms with van der Waals surface area (Å²) in [5.41, 5.74) is 0. The largest absolute Gasteiger partial charge is 0.550 e. The highest BCUT2D eigenvalue weighted by atomic mass is 16.4. The van der Waals surface area contributed by atoms with Crippen LogP contribution in [-0.2, 0) is 4.79 Å². The molecule has 0 heterocycles. The molecule has 0 aromatic rings. The summed E-state index contributed by atoms with van der Waals surface area (Å²) in [6, 6.07) is 0. The summed E-state index contributed by atoms with van der Waals surface area (Å²) in [4.78, 5) is 8.89. The highest BCUT2D eigenvalue weighted by Crippen LogP contribution is 1.31. The third-order valence-electron chi connectivity index (χ3n) is 0. The van der Waals surface area contributed by atoms with E-state index in [0.717, 1.165) is 6.92 Å². The van der Waals surface area contributed by atoms with Gasteiger partial charge in [-0.2, -0.15) is 0 Å². The molecule has 12 N–H and O–H groups in total. The number of carboxylic acids is 1. The van der Waals surface area contributed by atoms with E-state index in [0.29, 0.717) is 0 Å². The van der Waals surface area contributed by atoms with Gasteiger partial charge in [0.1, 0.15) is 0 Å². The normalized spacial score (nSPS) is 2.50. The Balaban J connectivity index is -0.00000000300. The molecule has 10 heavy (non-hydrogen) atoms. The number of carbonyl (C=O) groups is 1. The second-order valence-corrected chi connectivity index (χ2v) is 0.492. The first-order valence-corrected chi connectivity index (χ1v) is 0.908. The van der Waals surface area contributed by atoms with E-state index in [1.54, 1.807) is 0 Å². The molecular formula is C2H15O8-. The minimum Gasteiger partial charge on any atom is -0.550 e. The van der Waals surface area contributed by atoms with E-state index in [9.17, 15) is 0 Å². The van der Waals surface area contributed by atoms with Gasteiger partial charge in [-0.1, -0.05) is 0 Å². The summed E-state index contributed by atoms with van der Waals surface area (Å²) in [6.45, 7) is 0.972. The maximum atomic E-state index is 8.89. The van der Waals surface area contributed by atoms with E-state index < -0.39 is 5.97 Å². The molecule has 0 aromatic carbocycles. The monoisotopic (exact) mass is 167 g/mol. The van der Waals surface area contributed by atoms with E-state index in [-0.39, 0.29) is 32.9 Å². The lowest BCUT2D eigenvalue weighted by molar-refractivity contribution is -0.302. The Labute approximate surface area is 56.9 Å². The fourth-order valence-corrected chi connectivity index (χ4v) is 0. The number of carbonyl (C=O) groups excluding carboxylic acids is 1. The molecule has 0 fully saturated rings. The van der Waals surface area contributed by atoms with E-state index in [2.05, 4.69) is 0 Å². The molecule has 8 nitrogen and oxygen atoms in total. The summed E-state index contributed by atoms with van der Waals surface area (Å²) in [6.07, 6.45) is 0. The van der Waals surface area contributed by atoms with Crippen LogP contribution in [0.25, 0.3) is 0 Å². The van der Waals surface area contributed by atoms with Crippen LogP contribution in [0.4, 0.5) is 0 Å². The Kier molecular flexibility index (Phi) is 1090. The number of aliphatic carboxylic acids is 1. The maximum Gasteiger partial charge on any atom is 0.0383 e. The first-order valence-electron chi connectivity index (χ1n) is 0.908. The summed E-state index contributed by atoms with van der Waals surface area (Å²) >= 11 is 0. The SMILES string of the molecule is CC(=O)[O-].O.O.O.O.O.O. The van der Waals surface area contributed by atoms with Gasteiger partial charge < -0.3 is 42.8 Å². The number of hydrogen-bond donors (Lipinski definition) is 0. The fraction of sp³-hybridized carbons (Fsp3) is 0.500. The molecule has 0 rings (SSSR count). The van der Waals surface area contributed by atoms with Gasteiger partial charge in [-0.3, -0.25) is 0 Å². The standard InChI is InChI=1S/C2H4O2.6H2O/c1-2(3)4;;;;;;/h1H3,(H,3,4);6*1H2/p-1. The Morgan fingerprint density at radius 2 is 0.900 bits per heavy atom. The molecule has 0 aliphatic heterocycles. The summed E-state index contributed by atoms with van der Waals surface area (Å²) in [5, 5.41) is 8.89. The summed E-state index contributed by atoms with van der Waals surface area (Å²) in [7, 11) is 0. The highest BCUT2D eigenvalue weighted by molar-refractivity contribution is 5.60. The Hall–Kier alpha value is -0.770. The van der Waals surface area contributed by atoms with Crippen molar-refractivity contribution in [3.63, 3.8) is 0 Å². The van der Waals surface area contributed by atoms with Crippen molar-refractivity contribution in [3.05, 3.63) is 0 Å². The van der Waals surface area contributed by atoms with Gasteiger partial charge >= 0.3 is 0 Å².